The normalized spacial score (nSPS) is 13.2. The second kappa shape index (κ2) is 4.94. The van der Waals surface area contributed by atoms with Gasteiger partial charge in [-0.1, -0.05) is 29.8 Å². The highest BCUT2D eigenvalue weighted by molar-refractivity contribution is 6.30. The Hall–Kier alpha value is -1.26. The van der Waals surface area contributed by atoms with Crippen LogP contribution in [0.25, 0.3) is 10.9 Å². The lowest BCUT2D eigenvalue weighted by atomic mass is 10.1. The van der Waals surface area contributed by atoms with Gasteiger partial charge in [0.15, 0.2) is 0 Å². The molecule has 0 saturated heterocycles. The number of hydrogen-bond acceptors (Lipinski definition) is 2. The largest absolute Gasteiger partial charge is 0.323 e. The fraction of sp³-hybridized carbons (Fsp3) is 0.250. The molecule has 1 heterocycles. The van der Waals surface area contributed by atoms with Crippen LogP contribution in [0.3, 0.4) is 0 Å². The minimum atomic E-state index is -2.56. The predicted molar refractivity (Wildman–Crippen MR) is 64.4 cm³/mol. The van der Waals surface area contributed by atoms with Gasteiger partial charge in [0, 0.05) is 5.39 Å². The van der Waals surface area contributed by atoms with E-state index in [-0.39, 0.29) is 11.6 Å². The van der Waals surface area contributed by atoms with Gasteiger partial charge in [-0.3, -0.25) is 0 Å². The number of pyridine rings is 1. The smallest absolute Gasteiger partial charge is 0.253 e. The molecule has 2 N–H and O–H groups in total. The molecule has 0 spiro atoms. The summed E-state index contributed by atoms with van der Waals surface area (Å²) in [6.07, 6.45) is -2.54. The minimum absolute atomic E-state index is 0.0222. The molecule has 1 atom stereocenters. The number of rotatable bonds is 3. The van der Waals surface area contributed by atoms with Crippen LogP contribution in [0.1, 0.15) is 5.56 Å². The van der Waals surface area contributed by atoms with E-state index in [1.807, 2.05) is 24.3 Å². The number of halogens is 3. The fourth-order valence-electron chi connectivity index (χ4n) is 1.62. The molecule has 1 unspecified atom stereocenters. The van der Waals surface area contributed by atoms with Crippen molar-refractivity contribution >= 4 is 22.5 Å². The lowest BCUT2D eigenvalue weighted by Gasteiger charge is -2.11. The van der Waals surface area contributed by atoms with Crippen LogP contribution >= 0.6 is 11.6 Å². The van der Waals surface area contributed by atoms with Crippen LogP contribution < -0.4 is 5.73 Å². The zero-order chi connectivity index (χ0) is 12.4. The third-order valence-electron chi connectivity index (χ3n) is 2.53. The summed E-state index contributed by atoms with van der Waals surface area (Å²) in [6, 6.07) is 7.92. The monoisotopic (exact) mass is 256 g/mol. The molecule has 0 saturated carbocycles. The summed E-state index contributed by atoms with van der Waals surface area (Å²) < 4.78 is 24.7. The van der Waals surface area contributed by atoms with E-state index in [2.05, 4.69) is 4.98 Å². The van der Waals surface area contributed by atoms with Gasteiger partial charge in [0.1, 0.15) is 5.15 Å². The fourth-order valence-corrected chi connectivity index (χ4v) is 1.85. The van der Waals surface area contributed by atoms with E-state index in [0.29, 0.717) is 5.56 Å². The molecule has 5 heteroatoms. The van der Waals surface area contributed by atoms with Crippen LogP contribution in [0.5, 0.6) is 0 Å². The predicted octanol–water partition coefficient (Wildman–Crippen LogP) is 3.02. The number of nitrogens with two attached hydrogens (primary N) is 1. The van der Waals surface area contributed by atoms with Crippen molar-refractivity contribution in [3.63, 3.8) is 0 Å². The summed E-state index contributed by atoms with van der Waals surface area (Å²) in [7, 11) is 0. The van der Waals surface area contributed by atoms with Crippen LogP contribution in [0.4, 0.5) is 8.78 Å². The number of nitrogens with zero attached hydrogens (tertiary/aromatic N) is 1. The van der Waals surface area contributed by atoms with Crippen molar-refractivity contribution in [3.05, 3.63) is 41.0 Å². The van der Waals surface area contributed by atoms with Crippen molar-refractivity contribution < 1.29 is 8.78 Å². The molecule has 0 fully saturated rings. The molecule has 1 aromatic carbocycles. The molecule has 1 aromatic heterocycles. The molecule has 0 aliphatic rings. The quantitative estimate of drug-likeness (QED) is 0.858. The van der Waals surface area contributed by atoms with E-state index < -0.39 is 12.5 Å². The van der Waals surface area contributed by atoms with Crippen LogP contribution in [0, 0.1) is 0 Å². The van der Waals surface area contributed by atoms with E-state index in [1.165, 1.54) is 0 Å². The van der Waals surface area contributed by atoms with Crippen molar-refractivity contribution in [1.29, 1.82) is 0 Å². The number of fused-ring (bicyclic) bond motifs is 1. The summed E-state index contributed by atoms with van der Waals surface area (Å²) >= 11 is 5.94. The first kappa shape index (κ1) is 12.2. The van der Waals surface area contributed by atoms with Crippen molar-refractivity contribution in [2.24, 2.45) is 5.73 Å². The number of benzene rings is 1. The van der Waals surface area contributed by atoms with Crippen molar-refractivity contribution in [3.8, 4) is 0 Å². The molecule has 0 radical (unpaired) electrons. The summed E-state index contributed by atoms with van der Waals surface area (Å²) in [6.45, 7) is 0. The Labute approximate surface area is 102 Å². The van der Waals surface area contributed by atoms with Crippen LogP contribution in [0.2, 0.25) is 5.15 Å². The molecule has 0 amide bonds. The maximum Gasteiger partial charge on any atom is 0.253 e. The molecule has 2 nitrogen and oxygen atoms in total. The molecule has 0 bridgehead atoms. The highest BCUT2D eigenvalue weighted by Gasteiger charge is 2.17. The Kier molecular flexibility index (Phi) is 3.54. The van der Waals surface area contributed by atoms with Crippen LogP contribution in [-0.4, -0.2) is 17.5 Å². The van der Waals surface area contributed by atoms with E-state index in [1.54, 1.807) is 6.07 Å². The molecular weight excluding hydrogens is 246 g/mol. The van der Waals surface area contributed by atoms with Crippen LogP contribution in [-0.2, 0) is 6.42 Å². The SMILES string of the molecule is NC(Cc1cc2ccccc2nc1Cl)C(F)F. The maximum absolute atomic E-state index is 12.4. The van der Waals surface area contributed by atoms with Gasteiger partial charge in [0.25, 0.3) is 6.43 Å². The Morgan fingerprint density at radius 2 is 2.00 bits per heavy atom. The lowest BCUT2D eigenvalue weighted by molar-refractivity contribution is 0.116. The zero-order valence-corrected chi connectivity index (χ0v) is 9.66. The van der Waals surface area contributed by atoms with Gasteiger partial charge >= 0.3 is 0 Å². The standard InChI is InChI=1S/C12H11ClF2N2/c13-11-8(6-9(16)12(14)15)5-7-3-1-2-4-10(7)17-11/h1-5,9,12H,6,16H2. The first-order valence-corrected chi connectivity index (χ1v) is 5.53. The van der Waals surface area contributed by atoms with Gasteiger partial charge in [-0.2, -0.15) is 0 Å². The molecule has 0 aliphatic carbocycles. The second-order valence-corrected chi connectivity index (χ2v) is 4.19. The van der Waals surface area contributed by atoms with Gasteiger partial charge in [0.2, 0.25) is 0 Å². The van der Waals surface area contributed by atoms with Gasteiger partial charge in [0.05, 0.1) is 11.6 Å². The lowest BCUT2D eigenvalue weighted by Crippen LogP contribution is -2.31. The van der Waals surface area contributed by atoms with E-state index in [0.717, 1.165) is 10.9 Å². The maximum atomic E-state index is 12.4. The molecule has 17 heavy (non-hydrogen) atoms. The van der Waals surface area contributed by atoms with E-state index in [4.69, 9.17) is 17.3 Å². The summed E-state index contributed by atoms with van der Waals surface area (Å²) in [5.41, 5.74) is 6.62. The molecule has 2 aromatic rings. The Balaban J connectivity index is 2.37. The average molecular weight is 257 g/mol. The molecule has 0 aliphatic heterocycles. The minimum Gasteiger partial charge on any atom is -0.323 e. The van der Waals surface area contributed by atoms with Crippen LogP contribution in [0.15, 0.2) is 30.3 Å². The van der Waals surface area contributed by atoms with Crippen molar-refractivity contribution in [1.82, 2.24) is 4.98 Å². The van der Waals surface area contributed by atoms with E-state index in [9.17, 15) is 8.78 Å². The Morgan fingerprint density at radius 1 is 1.29 bits per heavy atom. The Morgan fingerprint density at radius 3 is 2.71 bits per heavy atom. The third kappa shape index (κ3) is 2.70. The van der Waals surface area contributed by atoms with Crippen molar-refractivity contribution in [2.45, 2.75) is 18.9 Å². The molecule has 2 rings (SSSR count). The zero-order valence-electron chi connectivity index (χ0n) is 8.91. The second-order valence-electron chi connectivity index (χ2n) is 3.83. The number of hydrogen-bond donors (Lipinski definition) is 1. The Bertz CT molecular complexity index is 531. The van der Waals surface area contributed by atoms with Gasteiger partial charge < -0.3 is 5.73 Å². The summed E-state index contributed by atoms with van der Waals surface area (Å²) in [5, 5.41) is 1.10. The van der Waals surface area contributed by atoms with Gasteiger partial charge in [-0.05, 0) is 24.1 Å². The summed E-state index contributed by atoms with van der Waals surface area (Å²) in [4.78, 5) is 4.15. The molecule has 90 valence electrons. The first-order chi connectivity index (χ1) is 8.08. The van der Waals surface area contributed by atoms with Gasteiger partial charge in [-0.15, -0.1) is 0 Å². The first-order valence-electron chi connectivity index (χ1n) is 5.16. The number of aromatic nitrogens is 1. The average Bonchev–Trinajstić information content (AvgIpc) is 2.29. The van der Waals surface area contributed by atoms with E-state index >= 15 is 0 Å². The summed E-state index contributed by atoms with van der Waals surface area (Å²) in [5.74, 6) is 0. The molecular formula is C12H11ClF2N2. The highest BCUT2D eigenvalue weighted by Crippen LogP contribution is 2.22. The third-order valence-corrected chi connectivity index (χ3v) is 2.86. The van der Waals surface area contributed by atoms with Crippen molar-refractivity contribution in [2.75, 3.05) is 0 Å². The topological polar surface area (TPSA) is 38.9 Å². The number of para-hydroxylation sites is 1. The highest BCUT2D eigenvalue weighted by atomic mass is 35.5. The van der Waals surface area contributed by atoms with Gasteiger partial charge in [-0.25, -0.2) is 13.8 Å². The number of alkyl halides is 2.